The Morgan fingerprint density at radius 1 is 1.14 bits per heavy atom. The molecule has 1 fully saturated rings. The van der Waals surface area contributed by atoms with E-state index in [0.717, 1.165) is 32.1 Å². The SMILES string of the molecule is CC(=O)OC1CCc2c(ccc3c2CCC2C3CCC2C(C)CCC(=O)O)C1. The van der Waals surface area contributed by atoms with Crippen LogP contribution in [0.4, 0.5) is 0 Å². The summed E-state index contributed by atoms with van der Waals surface area (Å²) in [4.78, 5) is 22.3. The molecule has 0 aromatic heterocycles. The summed E-state index contributed by atoms with van der Waals surface area (Å²) in [5.74, 6) is 1.68. The van der Waals surface area contributed by atoms with Gasteiger partial charge in [-0.3, -0.25) is 9.59 Å². The minimum Gasteiger partial charge on any atom is -0.481 e. The Balaban J connectivity index is 1.51. The van der Waals surface area contributed by atoms with Gasteiger partial charge in [-0.2, -0.15) is 0 Å². The molecule has 4 rings (SSSR count). The third-order valence-corrected chi connectivity index (χ3v) is 7.61. The molecule has 4 nitrogen and oxygen atoms in total. The van der Waals surface area contributed by atoms with Crippen LogP contribution in [0.2, 0.25) is 0 Å². The summed E-state index contributed by atoms with van der Waals surface area (Å²) in [6, 6.07) is 4.64. The monoisotopic (exact) mass is 384 g/mol. The first-order valence-corrected chi connectivity index (χ1v) is 11.0. The number of ether oxygens (including phenoxy) is 1. The van der Waals surface area contributed by atoms with E-state index in [1.165, 1.54) is 37.3 Å². The van der Waals surface area contributed by atoms with Crippen molar-refractivity contribution in [1.82, 2.24) is 0 Å². The molecule has 0 heterocycles. The predicted octanol–water partition coefficient (Wildman–Crippen LogP) is 4.66. The standard InChI is InChI=1S/C24H32O4/c1-14(3-12-24(26)27)18-8-9-23-20(18)10-11-21-19-7-5-17(28-15(2)25)13-16(19)4-6-22(21)23/h4,6,14,17-18,20,23H,3,5,7-13H2,1-2H3,(H,26,27). The number of carboxylic acids is 1. The molecule has 3 aliphatic rings. The van der Waals surface area contributed by atoms with Crippen molar-refractivity contribution in [3.05, 3.63) is 34.4 Å². The van der Waals surface area contributed by atoms with Gasteiger partial charge in [-0.05, 0) is 90.9 Å². The molecule has 3 aliphatic carbocycles. The number of aliphatic carboxylic acids is 1. The smallest absolute Gasteiger partial charge is 0.303 e. The summed E-state index contributed by atoms with van der Waals surface area (Å²) in [6.45, 7) is 3.75. The first-order valence-electron chi connectivity index (χ1n) is 11.0. The Morgan fingerprint density at radius 3 is 2.68 bits per heavy atom. The van der Waals surface area contributed by atoms with E-state index in [1.54, 1.807) is 11.1 Å². The van der Waals surface area contributed by atoms with E-state index in [2.05, 4.69) is 19.1 Å². The molecule has 0 radical (unpaired) electrons. The fraction of sp³-hybridized carbons (Fsp3) is 0.667. The van der Waals surface area contributed by atoms with Crippen LogP contribution in [0.5, 0.6) is 0 Å². The van der Waals surface area contributed by atoms with Gasteiger partial charge in [0.2, 0.25) is 0 Å². The van der Waals surface area contributed by atoms with Crippen molar-refractivity contribution >= 4 is 11.9 Å². The Morgan fingerprint density at radius 2 is 1.93 bits per heavy atom. The van der Waals surface area contributed by atoms with Crippen LogP contribution in [0.3, 0.4) is 0 Å². The second-order valence-corrected chi connectivity index (χ2v) is 9.21. The van der Waals surface area contributed by atoms with Crippen LogP contribution in [-0.4, -0.2) is 23.1 Å². The molecule has 0 aliphatic heterocycles. The van der Waals surface area contributed by atoms with Gasteiger partial charge in [-0.25, -0.2) is 0 Å². The zero-order valence-corrected chi connectivity index (χ0v) is 17.1. The van der Waals surface area contributed by atoms with Crippen molar-refractivity contribution in [2.24, 2.45) is 17.8 Å². The van der Waals surface area contributed by atoms with Crippen molar-refractivity contribution in [2.45, 2.75) is 83.7 Å². The largest absolute Gasteiger partial charge is 0.481 e. The summed E-state index contributed by atoms with van der Waals surface area (Å²) in [7, 11) is 0. The van der Waals surface area contributed by atoms with Crippen LogP contribution in [0.25, 0.3) is 0 Å². The van der Waals surface area contributed by atoms with Gasteiger partial charge < -0.3 is 9.84 Å². The Bertz CT molecular complexity index is 768. The average molecular weight is 385 g/mol. The number of fused-ring (bicyclic) bond motifs is 5. The molecule has 152 valence electrons. The Labute approximate surface area is 167 Å². The van der Waals surface area contributed by atoms with E-state index in [0.29, 0.717) is 30.1 Å². The highest BCUT2D eigenvalue weighted by atomic mass is 16.5. The number of rotatable bonds is 5. The second-order valence-electron chi connectivity index (χ2n) is 9.21. The van der Waals surface area contributed by atoms with Gasteiger partial charge in [-0.1, -0.05) is 19.1 Å². The molecule has 1 aromatic carbocycles. The van der Waals surface area contributed by atoms with Crippen LogP contribution in [0.15, 0.2) is 12.1 Å². The van der Waals surface area contributed by atoms with Crippen molar-refractivity contribution in [1.29, 1.82) is 0 Å². The lowest BCUT2D eigenvalue weighted by Gasteiger charge is -2.37. The van der Waals surface area contributed by atoms with Gasteiger partial charge in [0.25, 0.3) is 0 Å². The summed E-state index contributed by atoms with van der Waals surface area (Å²) < 4.78 is 5.46. The number of hydrogen-bond donors (Lipinski definition) is 1. The quantitative estimate of drug-likeness (QED) is 0.750. The van der Waals surface area contributed by atoms with Crippen molar-refractivity contribution in [3.8, 4) is 0 Å². The zero-order chi connectivity index (χ0) is 19.8. The van der Waals surface area contributed by atoms with Crippen LogP contribution < -0.4 is 0 Å². The first-order chi connectivity index (χ1) is 13.4. The minimum absolute atomic E-state index is 0.0327. The highest BCUT2D eigenvalue weighted by Gasteiger charge is 2.42. The summed E-state index contributed by atoms with van der Waals surface area (Å²) in [5, 5.41) is 9.02. The van der Waals surface area contributed by atoms with Crippen LogP contribution in [-0.2, 0) is 33.6 Å². The minimum atomic E-state index is -0.672. The van der Waals surface area contributed by atoms with Crippen molar-refractivity contribution in [2.75, 3.05) is 0 Å². The maximum absolute atomic E-state index is 11.3. The van der Waals surface area contributed by atoms with E-state index in [9.17, 15) is 9.59 Å². The number of carbonyl (C=O) groups excluding carboxylic acids is 1. The number of benzene rings is 1. The van der Waals surface area contributed by atoms with E-state index >= 15 is 0 Å². The fourth-order valence-corrected chi connectivity index (χ4v) is 6.38. The zero-order valence-electron chi connectivity index (χ0n) is 17.1. The molecule has 1 aromatic rings. The molecule has 4 heteroatoms. The fourth-order valence-electron chi connectivity index (χ4n) is 6.38. The maximum atomic E-state index is 11.3. The van der Waals surface area contributed by atoms with Crippen LogP contribution >= 0.6 is 0 Å². The average Bonchev–Trinajstić information content (AvgIpc) is 3.09. The Hall–Kier alpha value is -1.84. The highest BCUT2D eigenvalue weighted by molar-refractivity contribution is 5.66. The molecule has 5 unspecified atom stereocenters. The topological polar surface area (TPSA) is 63.6 Å². The maximum Gasteiger partial charge on any atom is 0.303 e. The van der Waals surface area contributed by atoms with Gasteiger partial charge >= 0.3 is 11.9 Å². The number of esters is 1. The Kier molecular flexibility index (Phi) is 5.48. The molecule has 0 saturated heterocycles. The van der Waals surface area contributed by atoms with Gasteiger partial charge in [0.05, 0.1) is 0 Å². The summed E-state index contributed by atoms with van der Waals surface area (Å²) in [5.41, 5.74) is 6.05. The van der Waals surface area contributed by atoms with Gasteiger partial charge in [0, 0.05) is 19.8 Å². The third kappa shape index (κ3) is 3.70. The van der Waals surface area contributed by atoms with E-state index in [-0.39, 0.29) is 12.1 Å². The molecule has 0 amide bonds. The molecule has 1 saturated carbocycles. The van der Waals surface area contributed by atoms with Crippen molar-refractivity contribution in [3.63, 3.8) is 0 Å². The molecule has 0 bridgehead atoms. The lowest BCUT2D eigenvalue weighted by molar-refractivity contribution is -0.146. The summed E-state index contributed by atoms with van der Waals surface area (Å²) >= 11 is 0. The van der Waals surface area contributed by atoms with E-state index in [4.69, 9.17) is 9.84 Å². The first kappa shape index (κ1) is 19.5. The number of hydrogen-bond acceptors (Lipinski definition) is 3. The van der Waals surface area contributed by atoms with Crippen LogP contribution in [0.1, 0.15) is 80.5 Å². The highest BCUT2D eigenvalue weighted by Crippen LogP contribution is 2.53. The van der Waals surface area contributed by atoms with Gasteiger partial charge in [-0.15, -0.1) is 0 Å². The lowest BCUT2D eigenvalue weighted by Crippen LogP contribution is -2.29. The number of carbonyl (C=O) groups is 2. The summed E-state index contributed by atoms with van der Waals surface area (Å²) in [6.07, 6.45) is 8.81. The molecule has 0 spiro atoms. The molecular weight excluding hydrogens is 352 g/mol. The molecule has 1 N–H and O–H groups in total. The van der Waals surface area contributed by atoms with Gasteiger partial charge in [0.1, 0.15) is 6.10 Å². The molecule has 5 atom stereocenters. The van der Waals surface area contributed by atoms with E-state index in [1.807, 2.05) is 0 Å². The van der Waals surface area contributed by atoms with Crippen molar-refractivity contribution < 1.29 is 19.4 Å². The van der Waals surface area contributed by atoms with E-state index < -0.39 is 5.97 Å². The molecular formula is C24H32O4. The predicted molar refractivity (Wildman–Crippen MR) is 107 cm³/mol. The normalized spacial score (nSPS) is 29.4. The lowest BCUT2D eigenvalue weighted by atomic mass is 9.69. The van der Waals surface area contributed by atoms with Crippen LogP contribution in [0, 0.1) is 17.8 Å². The number of carboxylic acid groups (broad SMARTS) is 1. The second kappa shape index (κ2) is 7.88. The third-order valence-electron chi connectivity index (χ3n) is 7.61. The van der Waals surface area contributed by atoms with Gasteiger partial charge in [0.15, 0.2) is 0 Å². The molecule has 28 heavy (non-hydrogen) atoms.